The van der Waals surface area contributed by atoms with E-state index in [9.17, 15) is 0 Å². The SMILES string of the molecule is CC(C)c1cc(-c2ccccc2)cc(C(C)C)c1-n1c(-c2ccc(-n3c4ccccc4c4ccccc43)c3c2oc2ccccc23)nc2ccncc21. The van der Waals surface area contributed by atoms with Crippen molar-refractivity contribution < 1.29 is 4.42 Å². The van der Waals surface area contributed by atoms with Crippen LogP contribution in [0.2, 0.25) is 0 Å². The van der Waals surface area contributed by atoms with Crippen LogP contribution in [0, 0.1) is 0 Å². The molecule has 0 atom stereocenters. The number of para-hydroxylation sites is 3. The van der Waals surface area contributed by atoms with E-state index in [4.69, 9.17) is 9.40 Å². The minimum absolute atomic E-state index is 0.247. The highest BCUT2D eigenvalue weighted by atomic mass is 16.3. The molecule has 0 fully saturated rings. The van der Waals surface area contributed by atoms with Gasteiger partial charge in [0.25, 0.3) is 0 Å². The number of rotatable bonds is 6. The maximum absolute atomic E-state index is 6.94. The molecule has 0 radical (unpaired) electrons. The fourth-order valence-corrected chi connectivity index (χ4v) is 8.30. The van der Waals surface area contributed by atoms with Gasteiger partial charge in [-0.1, -0.05) is 113 Å². The molecule has 0 aliphatic rings. The Labute approximate surface area is 307 Å². The maximum Gasteiger partial charge on any atom is 0.149 e. The van der Waals surface area contributed by atoms with Gasteiger partial charge in [0.2, 0.25) is 0 Å². The molecular formula is C48H38N4O. The van der Waals surface area contributed by atoms with Gasteiger partial charge in [-0.05, 0) is 82.6 Å². The molecular weight excluding hydrogens is 649 g/mol. The van der Waals surface area contributed by atoms with Gasteiger partial charge in [0, 0.05) is 22.4 Å². The third kappa shape index (κ3) is 4.77. The van der Waals surface area contributed by atoms with Crippen LogP contribution in [0.15, 0.2) is 150 Å². The van der Waals surface area contributed by atoms with Crippen molar-refractivity contribution in [1.82, 2.24) is 19.1 Å². The summed E-state index contributed by atoms with van der Waals surface area (Å²) in [7, 11) is 0. The molecule has 0 spiro atoms. The Hall–Kier alpha value is -6.46. The molecule has 53 heavy (non-hydrogen) atoms. The molecule has 0 saturated carbocycles. The molecule has 10 rings (SSSR count). The van der Waals surface area contributed by atoms with E-state index in [1.54, 1.807) is 0 Å². The third-order valence-electron chi connectivity index (χ3n) is 10.8. The lowest BCUT2D eigenvalue weighted by Crippen LogP contribution is -2.09. The summed E-state index contributed by atoms with van der Waals surface area (Å²) >= 11 is 0. The first-order chi connectivity index (χ1) is 26.0. The maximum atomic E-state index is 6.94. The van der Waals surface area contributed by atoms with E-state index in [1.807, 2.05) is 24.5 Å². The molecule has 10 aromatic rings. The van der Waals surface area contributed by atoms with Crippen molar-refractivity contribution in [2.75, 3.05) is 0 Å². The lowest BCUT2D eigenvalue weighted by atomic mass is 9.88. The van der Waals surface area contributed by atoms with E-state index in [1.165, 1.54) is 33.0 Å². The van der Waals surface area contributed by atoms with Crippen LogP contribution in [-0.4, -0.2) is 19.1 Å². The molecule has 4 heterocycles. The average molecular weight is 687 g/mol. The fraction of sp³-hybridized carbons (Fsp3) is 0.125. The van der Waals surface area contributed by atoms with E-state index in [0.29, 0.717) is 0 Å². The van der Waals surface area contributed by atoms with Gasteiger partial charge in [0.15, 0.2) is 0 Å². The second kappa shape index (κ2) is 12.1. The summed E-state index contributed by atoms with van der Waals surface area (Å²) in [4.78, 5) is 10.0. The number of nitrogens with zero attached hydrogens (tertiary/aromatic N) is 4. The minimum Gasteiger partial charge on any atom is -0.455 e. The standard InChI is InChI=1S/C48H38N4O/c1-29(2)37-26-32(31-14-6-5-7-15-31)27-38(30(3)4)46(37)52-43-28-49-25-24-39(43)50-48(52)36-22-23-42(45-35-18-10-13-21-44(35)53-47(36)45)51-40-19-11-8-16-33(40)34-17-9-12-20-41(34)51/h5-30H,1-4H3. The number of benzene rings is 6. The molecule has 4 aromatic heterocycles. The van der Waals surface area contributed by atoms with E-state index in [2.05, 4.69) is 163 Å². The number of pyridine rings is 1. The predicted octanol–water partition coefficient (Wildman–Crippen LogP) is 13.0. The van der Waals surface area contributed by atoms with Crippen LogP contribution in [0.5, 0.6) is 0 Å². The monoisotopic (exact) mass is 686 g/mol. The molecule has 5 heteroatoms. The highest BCUT2D eigenvalue weighted by molar-refractivity contribution is 6.16. The lowest BCUT2D eigenvalue weighted by Gasteiger charge is -2.24. The summed E-state index contributed by atoms with van der Waals surface area (Å²) in [5.74, 6) is 1.33. The number of hydrogen-bond donors (Lipinski definition) is 0. The molecule has 0 unspecified atom stereocenters. The smallest absolute Gasteiger partial charge is 0.149 e. The Bertz CT molecular complexity index is 2930. The van der Waals surface area contributed by atoms with Gasteiger partial charge < -0.3 is 8.98 Å². The zero-order chi connectivity index (χ0) is 35.8. The number of fused-ring (bicyclic) bond motifs is 7. The van der Waals surface area contributed by atoms with Gasteiger partial charge in [-0.2, -0.15) is 0 Å². The summed E-state index contributed by atoms with van der Waals surface area (Å²) in [6.07, 6.45) is 3.78. The first-order valence-electron chi connectivity index (χ1n) is 18.5. The Morgan fingerprint density at radius 3 is 1.87 bits per heavy atom. The molecule has 6 aromatic carbocycles. The molecule has 0 aliphatic carbocycles. The third-order valence-corrected chi connectivity index (χ3v) is 10.8. The van der Waals surface area contributed by atoms with Crippen molar-refractivity contribution >= 4 is 54.8 Å². The van der Waals surface area contributed by atoms with Gasteiger partial charge in [0.05, 0.1) is 50.6 Å². The van der Waals surface area contributed by atoms with Gasteiger partial charge in [-0.15, -0.1) is 0 Å². The quantitative estimate of drug-likeness (QED) is 0.175. The van der Waals surface area contributed by atoms with Crippen LogP contribution in [0.1, 0.15) is 50.7 Å². The van der Waals surface area contributed by atoms with Gasteiger partial charge in [0.1, 0.15) is 17.0 Å². The van der Waals surface area contributed by atoms with Crippen molar-refractivity contribution in [3.8, 4) is 33.9 Å². The van der Waals surface area contributed by atoms with Crippen molar-refractivity contribution in [2.45, 2.75) is 39.5 Å². The van der Waals surface area contributed by atoms with Crippen LogP contribution < -0.4 is 0 Å². The van der Waals surface area contributed by atoms with Crippen molar-refractivity contribution in [3.05, 3.63) is 157 Å². The van der Waals surface area contributed by atoms with Crippen LogP contribution in [0.3, 0.4) is 0 Å². The van der Waals surface area contributed by atoms with Crippen LogP contribution >= 0.6 is 0 Å². The molecule has 0 saturated heterocycles. The largest absolute Gasteiger partial charge is 0.455 e. The normalized spacial score (nSPS) is 12.1. The molecule has 256 valence electrons. The lowest BCUT2D eigenvalue weighted by molar-refractivity contribution is 0.669. The second-order valence-corrected chi connectivity index (χ2v) is 14.6. The number of hydrogen-bond acceptors (Lipinski definition) is 3. The van der Waals surface area contributed by atoms with E-state index in [-0.39, 0.29) is 11.8 Å². The Morgan fingerprint density at radius 2 is 1.19 bits per heavy atom. The van der Waals surface area contributed by atoms with Gasteiger partial charge in [-0.3, -0.25) is 9.55 Å². The Kier molecular flexibility index (Phi) is 7.12. The van der Waals surface area contributed by atoms with Gasteiger partial charge in [-0.25, -0.2) is 4.98 Å². The van der Waals surface area contributed by atoms with Crippen molar-refractivity contribution in [1.29, 1.82) is 0 Å². The second-order valence-electron chi connectivity index (χ2n) is 14.6. The zero-order valence-electron chi connectivity index (χ0n) is 30.2. The Balaban J connectivity index is 1.32. The minimum atomic E-state index is 0.247. The van der Waals surface area contributed by atoms with Crippen LogP contribution in [0.4, 0.5) is 0 Å². The molecule has 0 amide bonds. The summed E-state index contributed by atoms with van der Waals surface area (Å²) in [5, 5.41) is 4.59. The number of aromatic nitrogens is 4. The molecule has 0 aliphatic heterocycles. The van der Waals surface area contributed by atoms with Crippen LogP contribution in [-0.2, 0) is 0 Å². The first-order valence-corrected chi connectivity index (χ1v) is 18.5. The highest BCUT2D eigenvalue weighted by Gasteiger charge is 2.27. The molecule has 5 nitrogen and oxygen atoms in total. The zero-order valence-corrected chi connectivity index (χ0v) is 30.2. The predicted molar refractivity (Wildman–Crippen MR) is 220 cm³/mol. The van der Waals surface area contributed by atoms with E-state index >= 15 is 0 Å². The summed E-state index contributed by atoms with van der Waals surface area (Å²) < 4.78 is 11.7. The average Bonchev–Trinajstić information content (AvgIpc) is 3.87. The van der Waals surface area contributed by atoms with Crippen LogP contribution in [0.25, 0.3) is 88.7 Å². The number of imidazole rings is 1. The van der Waals surface area contributed by atoms with Gasteiger partial charge >= 0.3 is 0 Å². The van der Waals surface area contributed by atoms with E-state index in [0.717, 1.165) is 66.8 Å². The number of furan rings is 1. The van der Waals surface area contributed by atoms with E-state index < -0.39 is 0 Å². The fourth-order valence-electron chi connectivity index (χ4n) is 8.30. The molecule has 0 N–H and O–H groups in total. The topological polar surface area (TPSA) is 48.8 Å². The molecule has 0 bridgehead atoms. The van der Waals surface area contributed by atoms with Crippen molar-refractivity contribution in [2.24, 2.45) is 0 Å². The summed E-state index contributed by atoms with van der Waals surface area (Å²) in [6, 6.07) is 47.6. The first kappa shape index (κ1) is 31.3. The summed E-state index contributed by atoms with van der Waals surface area (Å²) in [5.41, 5.74) is 14.0. The Morgan fingerprint density at radius 1 is 0.566 bits per heavy atom. The van der Waals surface area contributed by atoms with Crippen molar-refractivity contribution in [3.63, 3.8) is 0 Å². The highest BCUT2D eigenvalue weighted by Crippen LogP contribution is 2.45. The summed E-state index contributed by atoms with van der Waals surface area (Å²) in [6.45, 7) is 9.14.